The van der Waals surface area contributed by atoms with Crippen LogP contribution in [0, 0.1) is 5.82 Å². The van der Waals surface area contributed by atoms with Crippen molar-refractivity contribution in [2.45, 2.75) is 11.2 Å². The van der Waals surface area contributed by atoms with Gasteiger partial charge in [0.15, 0.2) is 0 Å². The lowest BCUT2D eigenvalue weighted by molar-refractivity contribution is 0.414. The zero-order chi connectivity index (χ0) is 13.8. The van der Waals surface area contributed by atoms with E-state index in [0.717, 1.165) is 17.7 Å². The van der Waals surface area contributed by atoms with Gasteiger partial charge < -0.3 is 4.74 Å². The van der Waals surface area contributed by atoms with Crippen molar-refractivity contribution in [1.29, 1.82) is 0 Å². The lowest BCUT2D eigenvalue weighted by Crippen LogP contribution is -1.96. The van der Waals surface area contributed by atoms with Crippen LogP contribution in [0.4, 0.5) is 4.39 Å². The lowest BCUT2D eigenvalue weighted by Gasteiger charge is -2.11. The van der Waals surface area contributed by atoms with Gasteiger partial charge in [0.25, 0.3) is 0 Å². The predicted octanol–water partition coefficient (Wildman–Crippen LogP) is 5.28. The first-order chi connectivity index (χ1) is 9.10. The summed E-state index contributed by atoms with van der Waals surface area (Å²) >= 11 is 6.76. The molecule has 2 aromatic rings. The molecule has 0 saturated carbocycles. The number of rotatable bonds is 4. The molecule has 1 nitrogen and oxygen atoms in total. The van der Waals surface area contributed by atoms with Crippen LogP contribution >= 0.6 is 31.9 Å². The normalized spacial score (nSPS) is 12.2. The minimum Gasteiger partial charge on any atom is -0.497 e. The van der Waals surface area contributed by atoms with Gasteiger partial charge in [0.2, 0.25) is 0 Å². The Morgan fingerprint density at radius 1 is 1.16 bits per heavy atom. The summed E-state index contributed by atoms with van der Waals surface area (Å²) in [6.45, 7) is 0. The van der Waals surface area contributed by atoms with Crippen LogP contribution in [0.5, 0.6) is 5.75 Å². The van der Waals surface area contributed by atoms with Gasteiger partial charge in [0.1, 0.15) is 11.6 Å². The highest BCUT2D eigenvalue weighted by Gasteiger charge is 2.11. The van der Waals surface area contributed by atoms with Crippen molar-refractivity contribution in [2.75, 3.05) is 7.11 Å². The molecule has 0 aliphatic carbocycles. The summed E-state index contributed by atoms with van der Waals surface area (Å²) < 4.78 is 19.1. The maximum Gasteiger partial charge on any atom is 0.137 e. The summed E-state index contributed by atoms with van der Waals surface area (Å²) in [5.74, 6) is 0.598. The van der Waals surface area contributed by atoms with Gasteiger partial charge >= 0.3 is 0 Å². The Hall–Kier alpha value is -0.870. The predicted molar refractivity (Wildman–Crippen MR) is 82.5 cm³/mol. The first-order valence-electron chi connectivity index (χ1n) is 5.82. The van der Waals surface area contributed by atoms with Gasteiger partial charge in [-0.3, -0.25) is 0 Å². The lowest BCUT2D eigenvalue weighted by atomic mass is 10.0. The number of alkyl halides is 1. The van der Waals surface area contributed by atoms with Crippen molar-refractivity contribution in [2.24, 2.45) is 0 Å². The van der Waals surface area contributed by atoms with Crippen molar-refractivity contribution in [1.82, 2.24) is 0 Å². The fourth-order valence-corrected chi connectivity index (χ4v) is 2.70. The van der Waals surface area contributed by atoms with Crippen LogP contribution in [-0.2, 0) is 6.42 Å². The molecule has 0 spiro atoms. The Morgan fingerprint density at radius 3 is 2.42 bits per heavy atom. The second-order valence-electron chi connectivity index (χ2n) is 4.19. The summed E-state index contributed by atoms with van der Waals surface area (Å²) in [6, 6.07) is 13.1. The Labute approximate surface area is 129 Å². The van der Waals surface area contributed by atoms with Crippen molar-refractivity contribution < 1.29 is 9.13 Å². The average molecular weight is 388 g/mol. The monoisotopic (exact) mass is 386 g/mol. The van der Waals surface area contributed by atoms with Crippen molar-refractivity contribution in [3.8, 4) is 5.75 Å². The first kappa shape index (κ1) is 14.5. The third-order valence-electron chi connectivity index (χ3n) is 2.88. The average Bonchev–Trinajstić information content (AvgIpc) is 2.42. The molecule has 1 unspecified atom stereocenters. The zero-order valence-electron chi connectivity index (χ0n) is 10.4. The minimum atomic E-state index is -0.239. The highest BCUT2D eigenvalue weighted by Crippen LogP contribution is 2.29. The number of benzene rings is 2. The molecule has 0 bridgehead atoms. The Bertz CT molecular complexity index is 555. The summed E-state index contributed by atoms with van der Waals surface area (Å²) in [5, 5.41) is 0. The summed E-state index contributed by atoms with van der Waals surface area (Å²) in [5.41, 5.74) is 2.10. The van der Waals surface area contributed by atoms with Crippen LogP contribution in [0.1, 0.15) is 16.0 Å². The minimum absolute atomic E-state index is 0.0866. The van der Waals surface area contributed by atoms with Crippen LogP contribution in [0.15, 0.2) is 46.9 Å². The third kappa shape index (κ3) is 3.80. The molecule has 2 aromatic carbocycles. The van der Waals surface area contributed by atoms with Crippen molar-refractivity contribution in [3.63, 3.8) is 0 Å². The van der Waals surface area contributed by atoms with E-state index in [1.807, 2.05) is 30.3 Å². The zero-order valence-corrected chi connectivity index (χ0v) is 13.5. The fourth-order valence-electron chi connectivity index (χ4n) is 1.79. The van der Waals surface area contributed by atoms with E-state index >= 15 is 0 Å². The molecule has 0 fully saturated rings. The largest absolute Gasteiger partial charge is 0.497 e. The summed E-state index contributed by atoms with van der Waals surface area (Å²) in [4.78, 5) is 0.0866. The molecule has 0 aliphatic rings. The molecule has 100 valence electrons. The SMILES string of the molecule is COc1ccc(CC(Br)c2ccc(Br)c(F)c2)cc1. The molecule has 0 heterocycles. The topological polar surface area (TPSA) is 9.23 Å². The molecule has 2 rings (SSSR count). The molecule has 0 aromatic heterocycles. The van der Waals surface area contributed by atoms with Gasteiger partial charge in [-0.2, -0.15) is 0 Å². The molecule has 0 N–H and O–H groups in total. The first-order valence-corrected chi connectivity index (χ1v) is 7.53. The number of halogens is 3. The van der Waals surface area contributed by atoms with E-state index in [4.69, 9.17) is 4.74 Å². The summed E-state index contributed by atoms with van der Waals surface area (Å²) in [7, 11) is 1.65. The van der Waals surface area contributed by atoms with Gasteiger partial charge in [0, 0.05) is 4.83 Å². The Kier molecular flexibility index (Phi) is 4.99. The van der Waals surface area contributed by atoms with Gasteiger partial charge in [-0.25, -0.2) is 4.39 Å². The van der Waals surface area contributed by atoms with Crippen molar-refractivity contribution >= 4 is 31.9 Å². The highest BCUT2D eigenvalue weighted by molar-refractivity contribution is 9.10. The van der Waals surface area contributed by atoms with E-state index in [1.54, 1.807) is 19.2 Å². The van der Waals surface area contributed by atoms with E-state index in [1.165, 1.54) is 5.56 Å². The second-order valence-corrected chi connectivity index (χ2v) is 6.15. The standard InChI is InChI=1S/C15H13Br2FO/c1-19-12-5-2-10(3-6-12)8-14(17)11-4-7-13(16)15(18)9-11/h2-7,9,14H,8H2,1H3. The highest BCUT2D eigenvalue weighted by atomic mass is 79.9. The third-order valence-corrected chi connectivity index (χ3v) is 4.37. The second kappa shape index (κ2) is 6.53. The number of methoxy groups -OCH3 is 1. The van der Waals surface area contributed by atoms with Crippen LogP contribution in [0.2, 0.25) is 0 Å². The van der Waals surface area contributed by atoms with E-state index < -0.39 is 0 Å². The van der Waals surface area contributed by atoms with Crippen LogP contribution < -0.4 is 4.74 Å². The van der Waals surface area contributed by atoms with Gasteiger partial charge in [0.05, 0.1) is 11.6 Å². The maximum absolute atomic E-state index is 13.5. The van der Waals surface area contributed by atoms with Gasteiger partial charge in [-0.05, 0) is 57.7 Å². The Balaban J connectivity index is 2.10. The number of hydrogen-bond donors (Lipinski definition) is 0. The van der Waals surface area contributed by atoms with Crippen molar-refractivity contribution in [3.05, 3.63) is 63.9 Å². The molecule has 1 atom stereocenters. The summed E-state index contributed by atoms with van der Waals surface area (Å²) in [6.07, 6.45) is 0.797. The molecule has 0 aliphatic heterocycles. The van der Waals surface area contributed by atoms with E-state index in [9.17, 15) is 4.39 Å². The van der Waals surface area contributed by atoms with Crippen LogP contribution in [-0.4, -0.2) is 7.11 Å². The van der Waals surface area contributed by atoms with E-state index in [-0.39, 0.29) is 10.6 Å². The number of hydrogen-bond acceptors (Lipinski definition) is 1. The molecular formula is C15H13Br2FO. The molecule has 0 radical (unpaired) electrons. The van der Waals surface area contributed by atoms with E-state index in [0.29, 0.717) is 4.47 Å². The van der Waals surface area contributed by atoms with Gasteiger partial charge in [-0.1, -0.05) is 34.1 Å². The van der Waals surface area contributed by atoms with Gasteiger partial charge in [-0.15, -0.1) is 0 Å². The molecule has 0 saturated heterocycles. The molecular weight excluding hydrogens is 375 g/mol. The smallest absolute Gasteiger partial charge is 0.137 e. The fraction of sp³-hybridized carbons (Fsp3) is 0.200. The maximum atomic E-state index is 13.5. The molecule has 4 heteroatoms. The van der Waals surface area contributed by atoms with Crippen LogP contribution in [0.3, 0.4) is 0 Å². The molecule has 19 heavy (non-hydrogen) atoms. The van der Waals surface area contributed by atoms with Crippen LogP contribution in [0.25, 0.3) is 0 Å². The quantitative estimate of drug-likeness (QED) is 0.649. The Morgan fingerprint density at radius 2 is 1.84 bits per heavy atom. The number of ether oxygens (including phenoxy) is 1. The molecule has 0 amide bonds. The van der Waals surface area contributed by atoms with E-state index in [2.05, 4.69) is 31.9 Å².